The number of carbonyl (C=O) groups excluding carboxylic acids is 2. The summed E-state index contributed by atoms with van der Waals surface area (Å²) in [7, 11) is 1.55. The Morgan fingerprint density at radius 1 is 0.867 bits per heavy atom. The van der Waals surface area contributed by atoms with Gasteiger partial charge in [-0.2, -0.15) is 0 Å². The van der Waals surface area contributed by atoms with Crippen LogP contribution in [0.15, 0.2) is 78.9 Å². The number of rotatable bonds is 8. The third-order valence-electron chi connectivity index (χ3n) is 4.65. The van der Waals surface area contributed by atoms with Gasteiger partial charge in [0, 0.05) is 17.3 Å². The van der Waals surface area contributed by atoms with E-state index in [4.69, 9.17) is 4.74 Å². The Hall–Kier alpha value is -3.64. The van der Waals surface area contributed by atoms with Crippen molar-refractivity contribution in [1.82, 2.24) is 5.32 Å². The van der Waals surface area contributed by atoms with Gasteiger partial charge in [-0.1, -0.05) is 42.5 Å². The first-order chi connectivity index (χ1) is 14.6. The Kier molecular flexibility index (Phi) is 7.19. The summed E-state index contributed by atoms with van der Waals surface area (Å²) in [5.74, 6) is 0.187. The Bertz CT molecular complexity index is 988. The molecule has 3 N–H and O–H groups in total. The lowest BCUT2D eigenvalue weighted by molar-refractivity contribution is -0.115. The fraction of sp³-hybridized carbons (Fsp3) is 0.167. The van der Waals surface area contributed by atoms with Gasteiger partial charge in [0.25, 0.3) is 5.91 Å². The van der Waals surface area contributed by atoms with Crippen molar-refractivity contribution in [3.05, 3.63) is 90.0 Å². The number of hydrogen-bond donors (Lipinski definition) is 3. The van der Waals surface area contributed by atoms with Gasteiger partial charge < -0.3 is 20.7 Å². The van der Waals surface area contributed by atoms with Gasteiger partial charge in [0.2, 0.25) is 5.91 Å². The number of amides is 2. The van der Waals surface area contributed by atoms with Gasteiger partial charge in [-0.05, 0) is 48.9 Å². The zero-order valence-corrected chi connectivity index (χ0v) is 17.0. The second kappa shape index (κ2) is 10.2. The van der Waals surface area contributed by atoms with Gasteiger partial charge in [-0.15, -0.1) is 0 Å². The van der Waals surface area contributed by atoms with Crippen LogP contribution >= 0.6 is 0 Å². The zero-order chi connectivity index (χ0) is 21.3. The highest BCUT2D eigenvalue weighted by Gasteiger charge is 2.11. The highest BCUT2D eigenvalue weighted by atomic mass is 16.5. The lowest BCUT2D eigenvalue weighted by Crippen LogP contribution is -2.30. The molecule has 0 spiro atoms. The van der Waals surface area contributed by atoms with E-state index in [0.29, 0.717) is 22.7 Å². The molecule has 0 fully saturated rings. The number of para-hydroxylation sites is 2. The van der Waals surface area contributed by atoms with Crippen molar-refractivity contribution in [3.8, 4) is 5.75 Å². The first-order valence-corrected chi connectivity index (χ1v) is 9.69. The molecule has 0 radical (unpaired) electrons. The van der Waals surface area contributed by atoms with E-state index in [1.54, 1.807) is 43.5 Å². The molecule has 0 aliphatic heterocycles. The minimum absolute atomic E-state index is 0.0676. The molecular weight excluding hydrogens is 378 g/mol. The summed E-state index contributed by atoms with van der Waals surface area (Å²) < 4.78 is 5.24. The molecule has 2 amide bonds. The van der Waals surface area contributed by atoms with Crippen LogP contribution in [0.5, 0.6) is 5.75 Å². The second-order valence-corrected chi connectivity index (χ2v) is 6.79. The molecule has 3 aromatic carbocycles. The molecule has 0 saturated heterocycles. The molecule has 0 bridgehead atoms. The molecule has 0 aliphatic carbocycles. The SMILES string of the molecule is COc1ccccc1NC(=O)c1ccc(NC(=O)CN[C@H](C)c2ccccc2)cc1. The smallest absolute Gasteiger partial charge is 0.255 e. The number of nitrogens with one attached hydrogen (secondary N) is 3. The summed E-state index contributed by atoms with van der Waals surface area (Å²) in [6, 6.07) is 24.0. The van der Waals surface area contributed by atoms with E-state index in [1.165, 1.54) is 0 Å². The van der Waals surface area contributed by atoms with Crippen LogP contribution in [0.1, 0.15) is 28.9 Å². The third kappa shape index (κ3) is 5.68. The maximum Gasteiger partial charge on any atom is 0.255 e. The first-order valence-electron chi connectivity index (χ1n) is 9.69. The Balaban J connectivity index is 1.52. The predicted octanol–water partition coefficient (Wildman–Crippen LogP) is 4.24. The number of hydrogen-bond acceptors (Lipinski definition) is 4. The average molecular weight is 403 g/mol. The largest absolute Gasteiger partial charge is 0.495 e. The van der Waals surface area contributed by atoms with Gasteiger partial charge >= 0.3 is 0 Å². The molecule has 0 unspecified atom stereocenters. The van der Waals surface area contributed by atoms with Crippen LogP contribution in [-0.2, 0) is 4.79 Å². The first kappa shape index (κ1) is 21.1. The van der Waals surface area contributed by atoms with Crippen molar-refractivity contribution >= 4 is 23.2 Å². The monoisotopic (exact) mass is 403 g/mol. The summed E-state index contributed by atoms with van der Waals surface area (Å²) in [6.07, 6.45) is 0. The molecule has 3 rings (SSSR count). The van der Waals surface area contributed by atoms with Gasteiger partial charge in [0.1, 0.15) is 5.75 Å². The van der Waals surface area contributed by atoms with Crippen LogP contribution in [0.25, 0.3) is 0 Å². The fourth-order valence-electron chi connectivity index (χ4n) is 2.96. The number of anilines is 2. The molecule has 3 aromatic rings. The molecule has 1 atom stereocenters. The minimum Gasteiger partial charge on any atom is -0.495 e. The predicted molar refractivity (Wildman–Crippen MR) is 119 cm³/mol. The molecule has 0 saturated carbocycles. The number of carbonyl (C=O) groups is 2. The van der Waals surface area contributed by atoms with E-state index in [0.717, 1.165) is 5.56 Å². The normalized spacial score (nSPS) is 11.4. The van der Waals surface area contributed by atoms with Gasteiger partial charge in [-0.3, -0.25) is 9.59 Å². The van der Waals surface area contributed by atoms with Crippen molar-refractivity contribution in [2.75, 3.05) is 24.3 Å². The van der Waals surface area contributed by atoms with E-state index >= 15 is 0 Å². The van der Waals surface area contributed by atoms with E-state index in [1.807, 2.05) is 49.4 Å². The van der Waals surface area contributed by atoms with Crippen LogP contribution in [0.3, 0.4) is 0 Å². The van der Waals surface area contributed by atoms with Crippen molar-refractivity contribution < 1.29 is 14.3 Å². The summed E-state index contributed by atoms with van der Waals surface area (Å²) in [4.78, 5) is 24.7. The average Bonchev–Trinajstić information content (AvgIpc) is 2.79. The Labute approximate surface area is 176 Å². The van der Waals surface area contributed by atoms with Crippen LogP contribution in [0.2, 0.25) is 0 Å². The van der Waals surface area contributed by atoms with Crippen LogP contribution < -0.4 is 20.7 Å². The van der Waals surface area contributed by atoms with Gasteiger partial charge in [0.05, 0.1) is 19.3 Å². The lowest BCUT2D eigenvalue weighted by atomic mass is 10.1. The summed E-state index contributed by atoms with van der Waals surface area (Å²) in [5, 5.41) is 8.85. The molecule has 154 valence electrons. The number of benzene rings is 3. The lowest BCUT2D eigenvalue weighted by Gasteiger charge is -2.14. The second-order valence-electron chi connectivity index (χ2n) is 6.79. The Morgan fingerprint density at radius 2 is 1.53 bits per heavy atom. The molecule has 30 heavy (non-hydrogen) atoms. The van der Waals surface area contributed by atoms with Crippen LogP contribution in [-0.4, -0.2) is 25.5 Å². The summed E-state index contributed by atoms with van der Waals surface area (Å²) >= 11 is 0. The van der Waals surface area contributed by atoms with Crippen LogP contribution in [0, 0.1) is 0 Å². The molecule has 6 heteroatoms. The maximum atomic E-state index is 12.5. The molecular formula is C24H25N3O3. The fourth-order valence-corrected chi connectivity index (χ4v) is 2.96. The number of ether oxygens (including phenoxy) is 1. The van der Waals surface area contributed by atoms with Gasteiger partial charge in [-0.25, -0.2) is 0 Å². The van der Waals surface area contributed by atoms with Crippen molar-refractivity contribution in [2.24, 2.45) is 0 Å². The molecule has 6 nitrogen and oxygen atoms in total. The van der Waals surface area contributed by atoms with E-state index in [9.17, 15) is 9.59 Å². The number of methoxy groups -OCH3 is 1. The van der Waals surface area contributed by atoms with Crippen molar-refractivity contribution in [2.45, 2.75) is 13.0 Å². The topological polar surface area (TPSA) is 79.5 Å². The standard InChI is InChI=1S/C24H25N3O3/c1-17(18-8-4-3-5-9-18)25-16-23(28)26-20-14-12-19(13-15-20)24(29)27-21-10-6-7-11-22(21)30-2/h3-15,17,25H,16H2,1-2H3,(H,26,28)(H,27,29)/t17-/m1/s1. The zero-order valence-electron chi connectivity index (χ0n) is 17.0. The Morgan fingerprint density at radius 3 is 2.23 bits per heavy atom. The molecule has 0 aromatic heterocycles. The van der Waals surface area contributed by atoms with Crippen molar-refractivity contribution in [1.29, 1.82) is 0 Å². The van der Waals surface area contributed by atoms with Gasteiger partial charge in [0.15, 0.2) is 0 Å². The van der Waals surface area contributed by atoms with Crippen molar-refractivity contribution in [3.63, 3.8) is 0 Å². The van der Waals surface area contributed by atoms with E-state index < -0.39 is 0 Å². The maximum absolute atomic E-state index is 12.5. The minimum atomic E-state index is -0.254. The van der Waals surface area contributed by atoms with E-state index in [-0.39, 0.29) is 24.4 Å². The highest BCUT2D eigenvalue weighted by molar-refractivity contribution is 6.05. The quantitative estimate of drug-likeness (QED) is 0.526. The molecule has 0 heterocycles. The highest BCUT2D eigenvalue weighted by Crippen LogP contribution is 2.23. The van der Waals surface area contributed by atoms with E-state index in [2.05, 4.69) is 16.0 Å². The van der Waals surface area contributed by atoms with Crippen LogP contribution in [0.4, 0.5) is 11.4 Å². The summed E-state index contributed by atoms with van der Waals surface area (Å²) in [6.45, 7) is 2.20. The third-order valence-corrected chi connectivity index (χ3v) is 4.65. The molecule has 0 aliphatic rings. The summed E-state index contributed by atoms with van der Waals surface area (Å²) in [5.41, 5.74) is 2.83.